The molecular weight excluding hydrogens is 496 g/mol. The van der Waals surface area contributed by atoms with E-state index in [0.717, 1.165) is 25.7 Å². The normalized spacial score (nSPS) is 18.5. The van der Waals surface area contributed by atoms with E-state index in [2.05, 4.69) is 21.3 Å². The predicted octanol–water partition coefficient (Wildman–Crippen LogP) is -5.74. The van der Waals surface area contributed by atoms with Crippen LogP contribution in [0.5, 0.6) is 0 Å². The lowest BCUT2D eigenvalue weighted by Gasteiger charge is -2.27. The second-order valence-electron chi connectivity index (χ2n) is 7.57. The van der Waals surface area contributed by atoms with Crippen molar-refractivity contribution in [1.29, 1.82) is 0 Å². The van der Waals surface area contributed by atoms with Crippen LogP contribution in [0, 0.1) is 0 Å². The Balaban J connectivity index is 3.90. The summed E-state index contributed by atoms with van der Waals surface area (Å²) < 4.78 is 0. The molecule has 0 unspecified atom stereocenters. The zero-order valence-corrected chi connectivity index (χ0v) is 20.2. The molecule has 0 heterocycles. The lowest BCUT2D eigenvalue weighted by atomic mass is 10.1. The van der Waals surface area contributed by atoms with Gasteiger partial charge in [0.25, 0.3) is 0 Å². The summed E-state index contributed by atoms with van der Waals surface area (Å²) in [6.07, 6.45) is -10.5. The maximum atomic E-state index is 9.77. The highest BCUT2D eigenvalue weighted by atomic mass is 32.1. The van der Waals surface area contributed by atoms with E-state index >= 15 is 0 Å². The van der Waals surface area contributed by atoms with Crippen molar-refractivity contribution >= 4 is 34.7 Å². The van der Waals surface area contributed by atoms with Crippen LogP contribution in [-0.2, 0) is 0 Å². The second-order valence-corrected chi connectivity index (χ2v) is 8.38. The van der Waals surface area contributed by atoms with Gasteiger partial charge in [0.05, 0.1) is 13.2 Å². The summed E-state index contributed by atoms with van der Waals surface area (Å²) in [7, 11) is 0. The first-order valence-electron chi connectivity index (χ1n) is 10.7. The quantitative estimate of drug-likeness (QED) is 0.0471. The van der Waals surface area contributed by atoms with Crippen LogP contribution in [0.2, 0.25) is 0 Å². The molecule has 0 fully saturated rings. The summed E-state index contributed by atoms with van der Waals surface area (Å²) in [5, 5.41) is 105. The van der Waals surface area contributed by atoms with Gasteiger partial charge < -0.3 is 72.3 Å². The smallest absolute Gasteiger partial charge is 0.168 e. The van der Waals surface area contributed by atoms with Crippen LogP contribution in [0.3, 0.4) is 0 Å². The first-order chi connectivity index (χ1) is 16.0. The second kappa shape index (κ2) is 18.3. The highest BCUT2D eigenvalue weighted by molar-refractivity contribution is 7.80. The Morgan fingerprint density at radius 3 is 1.15 bits per heavy atom. The minimum absolute atomic E-state index is 0.0349. The van der Waals surface area contributed by atoms with Crippen molar-refractivity contribution in [2.45, 2.75) is 74.8 Å². The van der Waals surface area contributed by atoms with E-state index < -0.39 is 62.3 Å². The molecule has 0 aromatic carbocycles. The highest BCUT2D eigenvalue weighted by Gasteiger charge is 2.31. The number of unbranched alkanes of at least 4 members (excludes halogenated alkanes) is 3. The Labute approximate surface area is 208 Å². The van der Waals surface area contributed by atoms with Crippen LogP contribution >= 0.6 is 24.4 Å². The number of aliphatic hydroxyl groups is 10. The van der Waals surface area contributed by atoms with Crippen LogP contribution in [0.1, 0.15) is 25.7 Å². The van der Waals surface area contributed by atoms with Crippen molar-refractivity contribution in [2.75, 3.05) is 26.3 Å². The summed E-state index contributed by atoms with van der Waals surface area (Å²) >= 11 is 9.94. The van der Waals surface area contributed by atoms with Gasteiger partial charge in [0, 0.05) is 13.1 Å². The number of nitrogens with one attached hydrogen (secondary N) is 4. The van der Waals surface area contributed by atoms with Gasteiger partial charge in [0.15, 0.2) is 22.7 Å². The fourth-order valence-corrected chi connectivity index (χ4v) is 3.04. The standard InChI is InChI=1S/C18H38N4O10S2/c23-7-9(25)11(27)13(29)15(31)21-17(33)19-5-3-1-2-4-6-20-18(34)22-16(32)14(30)12(28)10(26)8-24/h9-16,23-32H,1-8H2,(H2,19,21,33)(H2,20,22,34)/t9-,10-,11+,12+,13-,14-,15-,16-/m0/s1. The Bertz CT molecular complexity index is 535. The van der Waals surface area contributed by atoms with Crippen molar-refractivity contribution in [3.05, 3.63) is 0 Å². The first-order valence-corrected chi connectivity index (χ1v) is 11.5. The summed E-state index contributed by atoms with van der Waals surface area (Å²) in [6.45, 7) is -0.625. The van der Waals surface area contributed by atoms with Crippen molar-refractivity contribution in [1.82, 2.24) is 21.3 Å². The number of hydrogen-bond acceptors (Lipinski definition) is 12. The molecule has 0 aromatic heterocycles. The van der Waals surface area contributed by atoms with E-state index in [1.807, 2.05) is 0 Å². The maximum Gasteiger partial charge on any atom is 0.168 e. The molecule has 0 bridgehead atoms. The highest BCUT2D eigenvalue weighted by Crippen LogP contribution is 2.04. The Hall–Kier alpha value is -1.02. The minimum atomic E-state index is -1.77. The fourth-order valence-electron chi connectivity index (χ4n) is 2.59. The van der Waals surface area contributed by atoms with Crippen molar-refractivity contribution in [2.24, 2.45) is 0 Å². The topological polar surface area (TPSA) is 250 Å². The number of hydrogen-bond donors (Lipinski definition) is 14. The van der Waals surface area contributed by atoms with Crippen LogP contribution in [0.25, 0.3) is 0 Å². The zero-order chi connectivity index (χ0) is 26.3. The van der Waals surface area contributed by atoms with Gasteiger partial charge in [0.1, 0.15) is 36.6 Å². The third-order valence-corrected chi connectivity index (χ3v) is 5.27. The van der Waals surface area contributed by atoms with Crippen LogP contribution in [-0.4, -0.2) is 137 Å². The monoisotopic (exact) mass is 534 g/mol. The minimum Gasteiger partial charge on any atom is -0.394 e. The lowest BCUT2D eigenvalue weighted by Crippen LogP contribution is -2.54. The van der Waals surface area contributed by atoms with Gasteiger partial charge in [-0.25, -0.2) is 0 Å². The number of thiocarbonyl (C=S) groups is 2. The number of rotatable bonds is 17. The third kappa shape index (κ3) is 13.2. The lowest BCUT2D eigenvalue weighted by molar-refractivity contribution is -0.118. The molecule has 16 heteroatoms. The average molecular weight is 535 g/mol. The SMILES string of the molecule is OC[C@H](O)[C@@H](O)[C@H](O)[C@H](O)NC(=S)NCCCCCCNC(=S)N[C@@H](O)[C@@H](O)[C@H](O)[C@@H](O)CO. The van der Waals surface area contributed by atoms with E-state index in [4.69, 9.17) is 34.6 Å². The molecule has 14 N–H and O–H groups in total. The van der Waals surface area contributed by atoms with Gasteiger partial charge in [-0.3, -0.25) is 0 Å². The molecule has 0 saturated heterocycles. The van der Waals surface area contributed by atoms with Gasteiger partial charge in [-0.2, -0.15) is 0 Å². The maximum absolute atomic E-state index is 9.77. The van der Waals surface area contributed by atoms with Gasteiger partial charge in [0.2, 0.25) is 0 Å². The van der Waals surface area contributed by atoms with E-state index in [-0.39, 0.29) is 10.2 Å². The number of aliphatic hydroxyl groups excluding tert-OH is 10. The molecule has 0 radical (unpaired) electrons. The molecule has 202 valence electrons. The van der Waals surface area contributed by atoms with Gasteiger partial charge in [-0.05, 0) is 37.3 Å². The molecule has 0 rings (SSSR count). The van der Waals surface area contributed by atoms with E-state index in [1.54, 1.807) is 0 Å². The summed E-state index contributed by atoms with van der Waals surface area (Å²) in [6, 6.07) is 0. The van der Waals surface area contributed by atoms with Crippen molar-refractivity contribution in [3.63, 3.8) is 0 Å². The van der Waals surface area contributed by atoms with Gasteiger partial charge in [-0.15, -0.1) is 0 Å². The molecule has 0 aliphatic rings. The van der Waals surface area contributed by atoms with E-state index in [0.29, 0.717) is 13.1 Å². The summed E-state index contributed by atoms with van der Waals surface area (Å²) in [4.78, 5) is 0. The molecule has 0 spiro atoms. The molecule has 0 amide bonds. The molecular formula is C18H38N4O10S2. The van der Waals surface area contributed by atoms with Gasteiger partial charge >= 0.3 is 0 Å². The molecule has 0 saturated carbocycles. The Morgan fingerprint density at radius 1 is 0.529 bits per heavy atom. The summed E-state index contributed by atoms with van der Waals surface area (Å²) in [5.41, 5.74) is 0. The van der Waals surface area contributed by atoms with Crippen LogP contribution in [0.4, 0.5) is 0 Å². The Morgan fingerprint density at radius 2 is 0.853 bits per heavy atom. The van der Waals surface area contributed by atoms with Gasteiger partial charge in [-0.1, -0.05) is 12.8 Å². The van der Waals surface area contributed by atoms with Crippen LogP contribution in [0.15, 0.2) is 0 Å². The third-order valence-electron chi connectivity index (χ3n) is 4.74. The fraction of sp³-hybridized carbons (Fsp3) is 0.889. The van der Waals surface area contributed by atoms with Crippen molar-refractivity contribution in [3.8, 4) is 0 Å². The largest absolute Gasteiger partial charge is 0.394 e. The van der Waals surface area contributed by atoms with E-state index in [1.165, 1.54) is 0 Å². The van der Waals surface area contributed by atoms with Crippen LogP contribution < -0.4 is 21.3 Å². The first kappa shape index (κ1) is 33.0. The molecule has 0 aliphatic heterocycles. The zero-order valence-electron chi connectivity index (χ0n) is 18.6. The molecule has 0 aliphatic carbocycles. The average Bonchev–Trinajstić information content (AvgIpc) is 2.82. The Kier molecular flexibility index (Phi) is 17.7. The molecule has 34 heavy (non-hydrogen) atoms. The van der Waals surface area contributed by atoms with E-state index in [9.17, 15) is 40.9 Å². The molecule has 14 nitrogen and oxygen atoms in total. The molecule has 8 atom stereocenters. The molecule has 0 aromatic rings. The van der Waals surface area contributed by atoms with Crippen molar-refractivity contribution < 1.29 is 51.1 Å². The summed E-state index contributed by atoms with van der Waals surface area (Å²) in [5.74, 6) is 0. The predicted molar refractivity (Wildman–Crippen MR) is 128 cm³/mol.